The average Bonchev–Trinajstić information content (AvgIpc) is 3.40. The van der Waals surface area contributed by atoms with Gasteiger partial charge in [-0.05, 0) is 42.8 Å². The Morgan fingerprint density at radius 2 is 2.00 bits per heavy atom. The van der Waals surface area contributed by atoms with Crippen molar-refractivity contribution in [1.82, 2.24) is 15.5 Å². The largest absolute Gasteiger partial charge is 0.352 e. The molecule has 0 bridgehead atoms. The molecule has 1 unspecified atom stereocenters. The van der Waals surface area contributed by atoms with E-state index in [4.69, 9.17) is 0 Å². The van der Waals surface area contributed by atoms with Crippen LogP contribution >= 0.6 is 27.3 Å². The number of hydrogen-bond donors (Lipinski definition) is 2. The molecule has 3 amide bonds. The highest BCUT2D eigenvalue weighted by Gasteiger charge is 2.35. The molecule has 2 N–H and O–H groups in total. The SMILES string of the molecule is Cc1cccc(N2CC(C(=O)Nc3nnc(CCNC(=O)c4cccc(Br)c4)s3)CC2=O)c1. The van der Waals surface area contributed by atoms with Gasteiger partial charge in [-0.15, -0.1) is 10.2 Å². The molecule has 0 aliphatic carbocycles. The van der Waals surface area contributed by atoms with E-state index in [1.54, 1.807) is 23.1 Å². The average molecular weight is 528 g/mol. The third kappa shape index (κ3) is 5.82. The summed E-state index contributed by atoms with van der Waals surface area (Å²) in [5.74, 6) is -0.933. The summed E-state index contributed by atoms with van der Waals surface area (Å²) in [5, 5.41) is 14.8. The zero-order valence-electron chi connectivity index (χ0n) is 17.9. The first kappa shape index (κ1) is 23.1. The van der Waals surface area contributed by atoms with Crippen LogP contribution in [0.25, 0.3) is 0 Å². The van der Waals surface area contributed by atoms with Crippen molar-refractivity contribution in [2.45, 2.75) is 19.8 Å². The maximum Gasteiger partial charge on any atom is 0.251 e. The Morgan fingerprint density at radius 3 is 2.79 bits per heavy atom. The minimum Gasteiger partial charge on any atom is -0.352 e. The summed E-state index contributed by atoms with van der Waals surface area (Å²) < 4.78 is 0.839. The Labute approximate surface area is 203 Å². The number of rotatable bonds is 7. The first-order valence-electron chi connectivity index (χ1n) is 10.4. The Hall–Kier alpha value is -3.11. The lowest BCUT2D eigenvalue weighted by atomic mass is 10.1. The fourth-order valence-corrected chi connectivity index (χ4v) is 4.70. The van der Waals surface area contributed by atoms with Gasteiger partial charge in [0.25, 0.3) is 5.91 Å². The first-order chi connectivity index (χ1) is 15.9. The predicted octanol–water partition coefficient (Wildman–Crippen LogP) is 3.57. The first-order valence-corrected chi connectivity index (χ1v) is 12.0. The van der Waals surface area contributed by atoms with Gasteiger partial charge in [0.15, 0.2) is 0 Å². The zero-order valence-corrected chi connectivity index (χ0v) is 20.3. The number of hydrogen-bond acceptors (Lipinski definition) is 6. The third-order valence-corrected chi connectivity index (χ3v) is 6.61. The maximum absolute atomic E-state index is 12.7. The predicted molar refractivity (Wildman–Crippen MR) is 130 cm³/mol. The summed E-state index contributed by atoms with van der Waals surface area (Å²) in [6.45, 7) is 2.70. The molecule has 1 aliphatic heterocycles. The Bertz CT molecular complexity index is 1200. The number of amides is 3. The van der Waals surface area contributed by atoms with E-state index in [2.05, 4.69) is 36.8 Å². The Kier molecular flexibility index (Phi) is 7.14. The second-order valence-corrected chi connectivity index (χ2v) is 9.73. The van der Waals surface area contributed by atoms with E-state index in [1.807, 2.05) is 37.3 Å². The molecule has 0 saturated carbocycles. The molecular formula is C23H22BrN5O3S. The standard InChI is InChI=1S/C23H22BrN5O3S/c1-14-4-2-7-18(10-14)29-13-16(12-20(29)30)22(32)26-23-28-27-19(33-23)8-9-25-21(31)15-5-3-6-17(24)11-15/h2-7,10-11,16H,8-9,12-13H2,1H3,(H,25,31)(H,26,28,32). The van der Waals surface area contributed by atoms with Crippen molar-refractivity contribution < 1.29 is 14.4 Å². The van der Waals surface area contributed by atoms with Gasteiger partial charge >= 0.3 is 0 Å². The third-order valence-electron chi connectivity index (χ3n) is 5.22. The Morgan fingerprint density at radius 1 is 1.18 bits per heavy atom. The molecule has 33 heavy (non-hydrogen) atoms. The van der Waals surface area contributed by atoms with Crippen molar-refractivity contribution in [3.8, 4) is 0 Å². The molecular weight excluding hydrogens is 506 g/mol. The topological polar surface area (TPSA) is 104 Å². The van der Waals surface area contributed by atoms with Crippen molar-refractivity contribution in [1.29, 1.82) is 0 Å². The maximum atomic E-state index is 12.7. The monoisotopic (exact) mass is 527 g/mol. The summed E-state index contributed by atoms with van der Waals surface area (Å²) >= 11 is 4.61. The van der Waals surface area contributed by atoms with Crippen molar-refractivity contribution in [3.63, 3.8) is 0 Å². The van der Waals surface area contributed by atoms with Crippen LogP contribution in [0, 0.1) is 12.8 Å². The van der Waals surface area contributed by atoms with Crippen LogP contribution in [0.15, 0.2) is 53.0 Å². The molecule has 1 aromatic heterocycles. The van der Waals surface area contributed by atoms with Gasteiger partial charge in [0.2, 0.25) is 16.9 Å². The van der Waals surface area contributed by atoms with E-state index >= 15 is 0 Å². The molecule has 2 heterocycles. The summed E-state index contributed by atoms with van der Waals surface area (Å²) in [7, 11) is 0. The highest BCUT2D eigenvalue weighted by Crippen LogP contribution is 2.27. The van der Waals surface area contributed by atoms with Crippen molar-refractivity contribution in [3.05, 3.63) is 69.1 Å². The number of nitrogens with one attached hydrogen (secondary N) is 2. The molecule has 0 spiro atoms. The van der Waals surface area contributed by atoms with Crippen LogP contribution in [-0.4, -0.2) is 41.0 Å². The molecule has 170 valence electrons. The van der Waals surface area contributed by atoms with Gasteiger partial charge < -0.3 is 15.5 Å². The number of carbonyl (C=O) groups excluding carboxylic acids is 3. The lowest BCUT2D eigenvalue weighted by Crippen LogP contribution is -2.28. The Balaban J connectivity index is 1.27. The number of anilines is 2. The number of aryl methyl sites for hydroxylation is 1. The number of aromatic nitrogens is 2. The van der Waals surface area contributed by atoms with E-state index in [1.165, 1.54) is 11.3 Å². The summed E-state index contributed by atoms with van der Waals surface area (Å²) in [6, 6.07) is 14.8. The second-order valence-electron chi connectivity index (χ2n) is 7.75. The van der Waals surface area contributed by atoms with E-state index in [0.29, 0.717) is 35.2 Å². The quantitative estimate of drug-likeness (QED) is 0.488. The fourth-order valence-electron chi connectivity index (χ4n) is 3.56. The molecule has 10 heteroatoms. The van der Waals surface area contributed by atoms with Crippen LogP contribution in [0.3, 0.4) is 0 Å². The van der Waals surface area contributed by atoms with Gasteiger partial charge in [-0.3, -0.25) is 14.4 Å². The van der Waals surface area contributed by atoms with Crippen LogP contribution in [-0.2, 0) is 16.0 Å². The molecule has 3 aromatic rings. The zero-order chi connectivity index (χ0) is 23.4. The number of halogens is 1. The van der Waals surface area contributed by atoms with Crippen LogP contribution < -0.4 is 15.5 Å². The molecule has 1 atom stereocenters. The summed E-state index contributed by atoms with van der Waals surface area (Å²) in [5.41, 5.74) is 2.43. The van der Waals surface area contributed by atoms with Crippen LogP contribution in [0.1, 0.15) is 27.3 Å². The number of nitrogens with zero attached hydrogens (tertiary/aromatic N) is 3. The van der Waals surface area contributed by atoms with Gasteiger partial charge in [-0.25, -0.2) is 0 Å². The normalized spacial score (nSPS) is 15.5. The molecule has 2 aromatic carbocycles. The fraction of sp³-hybridized carbons (Fsp3) is 0.261. The van der Waals surface area contributed by atoms with Crippen LogP contribution in [0.4, 0.5) is 10.8 Å². The van der Waals surface area contributed by atoms with Gasteiger partial charge in [0, 0.05) is 41.7 Å². The van der Waals surface area contributed by atoms with Gasteiger partial charge in [0.05, 0.1) is 5.92 Å². The lowest BCUT2D eigenvalue weighted by molar-refractivity contribution is -0.122. The molecule has 1 saturated heterocycles. The van der Waals surface area contributed by atoms with Crippen molar-refractivity contribution >= 4 is 55.8 Å². The van der Waals surface area contributed by atoms with Crippen LogP contribution in [0.2, 0.25) is 0 Å². The van der Waals surface area contributed by atoms with Gasteiger partial charge in [-0.2, -0.15) is 0 Å². The molecule has 0 radical (unpaired) electrons. The molecule has 1 fully saturated rings. The van der Waals surface area contributed by atoms with Gasteiger partial charge in [0.1, 0.15) is 5.01 Å². The molecule has 1 aliphatic rings. The van der Waals surface area contributed by atoms with Crippen LogP contribution in [0.5, 0.6) is 0 Å². The second kappa shape index (κ2) is 10.2. The van der Waals surface area contributed by atoms with E-state index in [-0.39, 0.29) is 24.1 Å². The van der Waals surface area contributed by atoms with E-state index in [9.17, 15) is 14.4 Å². The van der Waals surface area contributed by atoms with E-state index < -0.39 is 5.92 Å². The minimum atomic E-state index is -0.449. The van der Waals surface area contributed by atoms with E-state index in [0.717, 1.165) is 15.7 Å². The molecule has 8 nitrogen and oxygen atoms in total. The smallest absolute Gasteiger partial charge is 0.251 e. The molecule has 4 rings (SSSR count). The van der Waals surface area contributed by atoms with Gasteiger partial charge in [-0.1, -0.05) is 45.5 Å². The highest BCUT2D eigenvalue weighted by molar-refractivity contribution is 9.10. The van der Waals surface area contributed by atoms with Crippen molar-refractivity contribution in [2.24, 2.45) is 5.92 Å². The summed E-state index contributed by atoms with van der Waals surface area (Å²) in [4.78, 5) is 39.0. The number of carbonyl (C=O) groups is 3. The van der Waals surface area contributed by atoms with Crippen molar-refractivity contribution in [2.75, 3.05) is 23.3 Å². The minimum absolute atomic E-state index is 0.0695. The number of benzene rings is 2. The highest BCUT2D eigenvalue weighted by atomic mass is 79.9. The summed E-state index contributed by atoms with van der Waals surface area (Å²) in [6.07, 6.45) is 0.656. The lowest BCUT2D eigenvalue weighted by Gasteiger charge is -2.17.